The molecule has 2 aliphatic rings. The van der Waals surface area contributed by atoms with Crippen LogP contribution in [0.2, 0.25) is 0 Å². The molecule has 12 heavy (non-hydrogen) atoms. The minimum atomic E-state index is 0.991. The zero-order valence-electron chi connectivity index (χ0n) is 8.59. The molecular weight excluding hydrogens is 146 g/mol. The Bertz CT molecular complexity index is 166. The zero-order valence-corrected chi connectivity index (χ0v) is 8.59. The predicted molar refractivity (Wildman–Crippen MR) is 52.0 cm³/mol. The molecule has 2 rings (SSSR count). The van der Waals surface area contributed by atoms with E-state index in [0.29, 0.717) is 0 Å². The second-order valence-corrected chi connectivity index (χ2v) is 4.93. The Balaban J connectivity index is 2.08. The predicted octanol–water partition coefficient (Wildman–Crippen LogP) is 2.23. The molecule has 1 heteroatoms. The molecule has 4 unspecified atom stereocenters. The van der Waals surface area contributed by atoms with Gasteiger partial charge < -0.3 is 4.90 Å². The van der Waals surface area contributed by atoms with E-state index >= 15 is 0 Å². The molecule has 0 radical (unpaired) electrons. The van der Waals surface area contributed by atoms with Crippen molar-refractivity contribution in [1.29, 1.82) is 0 Å². The van der Waals surface area contributed by atoms with E-state index in [4.69, 9.17) is 0 Å². The highest BCUT2D eigenvalue weighted by Gasteiger charge is 2.44. The number of fused-ring (bicyclic) bond motifs is 1. The van der Waals surface area contributed by atoms with Crippen molar-refractivity contribution in [2.75, 3.05) is 20.1 Å². The van der Waals surface area contributed by atoms with Crippen LogP contribution in [0.4, 0.5) is 0 Å². The lowest BCUT2D eigenvalue weighted by molar-refractivity contribution is 0.321. The third-order valence-corrected chi connectivity index (χ3v) is 4.13. The molecule has 0 amide bonds. The van der Waals surface area contributed by atoms with Gasteiger partial charge in [0.25, 0.3) is 0 Å². The van der Waals surface area contributed by atoms with Crippen molar-refractivity contribution >= 4 is 0 Å². The zero-order chi connectivity index (χ0) is 8.72. The summed E-state index contributed by atoms with van der Waals surface area (Å²) in [7, 11) is 2.28. The molecule has 1 saturated carbocycles. The van der Waals surface area contributed by atoms with Crippen molar-refractivity contribution in [3.05, 3.63) is 0 Å². The average Bonchev–Trinajstić information content (AvgIpc) is 2.52. The lowest BCUT2D eigenvalue weighted by Crippen LogP contribution is -2.18. The second kappa shape index (κ2) is 3.02. The molecular formula is C11H21N. The monoisotopic (exact) mass is 167 g/mol. The van der Waals surface area contributed by atoms with Crippen LogP contribution < -0.4 is 0 Å². The van der Waals surface area contributed by atoms with E-state index in [2.05, 4.69) is 25.8 Å². The van der Waals surface area contributed by atoms with Gasteiger partial charge in [-0.3, -0.25) is 0 Å². The Hall–Kier alpha value is -0.0400. The summed E-state index contributed by atoms with van der Waals surface area (Å²) in [5.74, 6) is 4.09. The highest BCUT2D eigenvalue weighted by atomic mass is 15.1. The summed E-state index contributed by atoms with van der Waals surface area (Å²) in [6.07, 6.45) is 2.90. The van der Waals surface area contributed by atoms with Crippen LogP contribution >= 0.6 is 0 Å². The van der Waals surface area contributed by atoms with Gasteiger partial charge >= 0.3 is 0 Å². The van der Waals surface area contributed by atoms with E-state index in [0.717, 1.165) is 23.7 Å². The molecule has 2 fully saturated rings. The minimum absolute atomic E-state index is 0.991. The molecule has 1 aliphatic carbocycles. The van der Waals surface area contributed by atoms with Crippen molar-refractivity contribution < 1.29 is 0 Å². The van der Waals surface area contributed by atoms with Crippen molar-refractivity contribution in [2.24, 2.45) is 23.7 Å². The maximum Gasteiger partial charge on any atom is 0.00126 e. The van der Waals surface area contributed by atoms with E-state index < -0.39 is 0 Å². The Morgan fingerprint density at radius 1 is 1.25 bits per heavy atom. The fourth-order valence-corrected chi connectivity index (χ4v) is 3.46. The molecule has 1 saturated heterocycles. The largest absolute Gasteiger partial charge is 0.306 e. The lowest BCUT2D eigenvalue weighted by Gasteiger charge is -2.16. The fraction of sp³-hybridized carbons (Fsp3) is 1.00. The van der Waals surface area contributed by atoms with Crippen molar-refractivity contribution in [3.8, 4) is 0 Å². The van der Waals surface area contributed by atoms with E-state index in [-0.39, 0.29) is 0 Å². The molecule has 1 aliphatic heterocycles. The van der Waals surface area contributed by atoms with Crippen molar-refractivity contribution in [3.63, 3.8) is 0 Å². The van der Waals surface area contributed by atoms with Crippen LogP contribution in [-0.2, 0) is 0 Å². The van der Waals surface area contributed by atoms with Gasteiger partial charge in [-0.1, -0.05) is 20.3 Å². The lowest BCUT2D eigenvalue weighted by atomic mass is 9.90. The van der Waals surface area contributed by atoms with Crippen LogP contribution in [0.3, 0.4) is 0 Å². The van der Waals surface area contributed by atoms with E-state index in [1.807, 2.05) is 0 Å². The number of hydrogen-bond donors (Lipinski definition) is 0. The molecule has 0 N–H and O–H groups in total. The van der Waals surface area contributed by atoms with Gasteiger partial charge in [0.05, 0.1) is 0 Å². The maximum absolute atomic E-state index is 2.52. The van der Waals surface area contributed by atoms with Crippen LogP contribution in [0.15, 0.2) is 0 Å². The first-order valence-electron chi connectivity index (χ1n) is 5.41. The molecule has 70 valence electrons. The number of likely N-dealkylation sites (tertiary alicyclic amines) is 1. The average molecular weight is 167 g/mol. The van der Waals surface area contributed by atoms with E-state index in [1.165, 1.54) is 25.9 Å². The minimum Gasteiger partial charge on any atom is -0.306 e. The van der Waals surface area contributed by atoms with Gasteiger partial charge in [0.15, 0.2) is 0 Å². The topological polar surface area (TPSA) is 3.24 Å². The van der Waals surface area contributed by atoms with E-state index in [1.54, 1.807) is 0 Å². The van der Waals surface area contributed by atoms with Crippen LogP contribution in [0, 0.1) is 23.7 Å². The molecule has 0 aromatic rings. The first-order chi connectivity index (χ1) is 5.72. The Morgan fingerprint density at radius 2 is 1.92 bits per heavy atom. The van der Waals surface area contributed by atoms with E-state index in [9.17, 15) is 0 Å². The van der Waals surface area contributed by atoms with Crippen molar-refractivity contribution in [1.82, 2.24) is 4.90 Å². The molecule has 0 aromatic carbocycles. The summed E-state index contributed by atoms with van der Waals surface area (Å²) in [4.78, 5) is 2.52. The van der Waals surface area contributed by atoms with Gasteiger partial charge in [0.1, 0.15) is 0 Å². The van der Waals surface area contributed by atoms with Crippen LogP contribution in [-0.4, -0.2) is 25.0 Å². The summed E-state index contributed by atoms with van der Waals surface area (Å²) in [6.45, 7) is 7.54. The van der Waals surface area contributed by atoms with Crippen molar-refractivity contribution in [2.45, 2.75) is 26.7 Å². The Morgan fingerprint density at radius 3 is 2.58 bits per heavy atom. The van der Waals surface area contributed by atoms with Gasteiger partial charge in [-0.05, 0) is 37.1 Å². The highest BCUT2D eigenvalue weighted by Crippen LogP contribution is 2.46. The fourth-order valence-electron chi connectivity index (χ4n) is 3.46. The van der Waals surface area contributed by atoms with Crippen LogP contribution in [0.25, 0.3) is 0 Å². The molecule has 0 aromatic heterocycles. The molecule has 1 heterocycles. The highest BCUT2D eigenvalue weighted by molar-refractivity contribution is 4.95. The quantitative estimate of drug-likeness (QED) is 0.579. The van der Waals surface area contributed by atoms with Gasteiger partial charge in [-0.15, -0.1) is 0 Å². The van der Waals surface area contributed by atoms with Crippen LogP contribution in [0.5, 0.6) is 0 Å². The van der Waals surface area contributed by atoms with Gasteiger partial charge in [-0.2, -0.15) is 0 Å². The van der Waals surface area contributed by atoms with Gasteiger partial charge in [0, 0.05) is 13.1 Å². The number of nitrogens with zero attached hydrogens (tertiary/aromatic N) is 1. The van der Waals surface area contributed by atoms with Gasteiger partial charge in [-0.25, -0.2) is 0 Å². The van der Waals surface area contributed by atoms with Gasteiger partial charge in [0.2, 0.25) is 0 Å². The Kier molecular flexibility index (Phi) is 2.16. The normalized spacial score (nSPS) is 48.2. The summed E-state index contributed by atoms with van der Waals surface area (Å²) >= 11 is 0. The SMILES string of the molecule is CCC1CC(C)C2CN(C)CC12. The first kappa shape index (κ1) is 8.55. The number of hydrogen-bond acceptors (Lipinski definition) is 1. The molecule has 0 bridgehead atoms. The Labute approximate surface area is 76.1 Å². The smallest absolute Gasteiger partial charge is 0.00126 e. The third-order valence-electron chi connectivity index (χ3n) is 4.13. The molecule has 1 nitrogen and oxygen atoms in total. The summed E-state index contributed by atoms with van der Waals surface area (Å²) in [5.41, 5.74) is 0. The number of rotatable bonds is 1. The maximum atomic E-state index is 2.52. The molecule has 0 spiro atoms. The first-order valence-corrected chi connectivity index (χ1v) is 5.41. The summed E-state index contributed by atoms with van der Waals surface area (Å²) in [6, 6.07) is 0. The second-order valence-electron chi connectivity index (χ2n) is 4.93. The van der Waals surface area contributed by atoms with Crippen LogP contribution in [0.1, 0.15) is 26.7 Å². The summed E-state index contributed by atoms with van der Waals surface area (Å²) < 4.78 is 0. The molecule has 4 atom stereocenters. The third kappa shape index (κ3) is 1.19. The summed E-state index contributed by atoms with van der Waals surface area (Å²) in [5, 5.41) is 0. The standard InChI is InChI=1S/C11H21N/c1-4-9-5-8(2)10-6-12(3)7-11(9)10/h8-11H,4-7H2,1-3H3.